The fourth-order valence-corrected chi connectivity index (χ4v) is 1.51. The van der Waals surface area contributed by atoms with Crippen molar-refractivity contribution in [3.8, 4) is 11.3 Å². The second-order valence-corrected chi connectivity index (χ2v) is 3.38. The Morgan fingerprint density at radius 2 is 2.13 bits per heavy atom. The van der Waals surface area contributed by atoms with Gasteiger partial charge in [-0.1, -0.05) is 23.7 Å². The third-order valence-electron chi connectivity index (χ3n) is 2.01. The summed E-state index contributed by atoms with van der Waals surface area (Å²) in [6, 6.07) is 7.71. The lowest BCUT2D eigenvalue weighted by molar-refractivity contribution is 0.628. The first-order valence-electron chi connectivity index (χ1n) is 4.22. The topological polar surface area (TPSA) is 20.1 Å². The van der Waals surface area contributed by atoms with E-state index in [4.69, 9.17) is 18.2 Å². The molecule has 0 atom stereocenters. The number of hydrogen-bond acceptors (Lipinski definition) is 0. The number of rotatable bonds is 1. The van der Waals surface area contributed by atoms with E-state index in [1.54, 1.807) is 18.2 Å². The highest BCUT2D eigenvalue weighted by molar-refractivity contribution is 6.32. The zero-order valence-corrected chi connectivity index (χ0v) is 8.35. The molecule has 0 bridgehead atoms. The molecule has 15 heavy (non-hydrogen) atoms. The molecule has 0 saturated heterocycles. The van der Waals surface area contributed by atoms with Gasteiger partial charge in [-0.05, 0) is 23.8 Å². The fourth-order valence-electron chi connectivity index (χ4n) is 1.31. The number of hydrogen-bond donors (Lipinski definition) is 1. The Kier molecular flexibility index (Phi) is 2.44. The molecule has 2 rings (SSSR count). The third kappa shape index (κ3) is 1.85. The molecule has 0 aliphatic heterocycles. The van der Waals surface area contributed by atoms with Crippen LogP contribution in [-0.2, 0) is 0 Å². The number of aromatic nitrogens is 1. The molecule has 1 aromatic carbocycles. The number of aromatic amines is 1. The van der Waals surface area contributed by atoms with Crippen molar-refractivity contribution in [2.75, 3.05) is 0 Å². The Labute approximate surface area is 91.1 Å². The van der Waals surface area contributed by atoms with Crippen LogP contribution in [0, 0.1) is 12.4 Å². The van der Waals surface area contributed by atoms with Crippen molar-refractivity contribution in [1.82, 2.24) is 4.98 Å². The molecule has 74 valence electrons. The second kappa shape index (κ2) is 3.76. The summed E-state index contributed by atoms with van der Waals surface area (Å²) in [5, 5.41) is 0.282. The molecular formula is C11H6ClFN2. The van der Waals surface area contributed by atoms with E-state index in [2.05, 4.69) is 9.83 Å². The number of benzene rings is 1. The van der Waals surface area contributed by atoms with Crippen LogP contribution in [-0.4, -0.2) is 4.98 Å². The summed E-state index contributed by atoms with van der Waals surface area (Å²) >= 11 is 5.77. The lowest BCUT2D eigenvalue weighted by atomic mass is 10.1. The van der Waals surface area contributed by atoms with Crippen LogP contribution in [0.2, 0.25) is 5.15 Å². The van der Waals surface area contributed by atoms with Gasteiger partial charge in [0, 0.05) is 5.69 Å². The van der Waals surface area contributed by atoms with Crippen LogP contribution >= 0.6 is 11.6 Å². The molecule has 1 N–H and O–H groups in total. The van der Waals surface area contributed by atoms with Gasteiger partial charge in [-0.3, -0.25) is 0 Å². The molecule has 0 amide bonds. The summed E-state index contributed by atoms with van der Waals surface area (Å²) in [4.78, 5) is 6.06. The summed E-state index contributed by atoms with van der Waals surface area (Å²) in [7, 11) is 0. The predicted molar refractivity (Wildman–Crippen MR) is 57.5 cm³/mol. The monoisotopic (exact) mass is 220 g/mol. The first-order valence-corrected chi connectivity index (χ1v) is 4.60. The van der Waals surface area contributed by atoms with Gasteiger partial charge in [0.2, 0.25) is 5.69 Å². The zero-order valence-electron chi connectivity index (χ0n) is 7.59. The van der Waals surface area contributed by atoms with Crippen molar-refractivity contribution in [3.05, 3.63) is 52.7 Å². The van der Waals surface area contributed by atoms with Gasteiger partial charge in [-0.25, -0.2) is 9.24 Å². The molecule has 0 saturated carbocycles. The molecule has 1 heterocycles. The first kappa shape index (κ1) is 9.75. The van der Waals surface area contributed by atoms with Gasteiger partial charge in [-0.15, -0.1) is 0 Å². The number of H-pyrrole nitrogens is 1. The Bertz CT molecular complexity index is 540. The number of halogens is 2. The molecular weight excluding hydrogens is 215 g/mol. The van der Waals surface area contributed by atoms with Crippen LogP contribution in [0.5, 0.6) is 0 Å². The molecule has 0 fully saturated rings. The van der Waals surface area contributed by atoms with Crippen LogP contribution in [0.1, 0.15) is 0 Å². The minimum Gasteiger partial charge on any atom is -0.355 e. The highest BCUT2D eigenvalue weighted by Crippen LogP contribution is 2.30. The van der Waals surface area contributed by atoms with Gasteiger partial charge in [0.05, 0.1) is 6.57 Å². The normalized spacial score (nSPS) is 9.93. The minimum atomic E-state index is -0.317. The lowest BCUT2D eigenvalue weighted by Crippen LogP contribution is -1.78. The first-order chi connectivity index (χ1) is 7.20. The summed E-state index contributed by atoms with van der Waals surface area (Å²) in [6.07, 6.45) is 0. The Hall–Kier alpha value is -1.79. The van der Waals surface area contributed by atoms with Crippen LogP contribution in [0.4, 0.5) is 10.1 Å². The molecule has 2 nitrogen and oxygen atoms in total. The van der Waals surface area contributed by atoms with E-state index in [1.165, 1.54) is 12.1 Å². The van der Waals surface area contributed by atoms with E-state index in [1.807, 2.05) is 0 Å². The SMILES string of the molecule is [C-]#[N+]c1cc(-c2cccc(F)c2)[nH]c1Cl. The van der Waals surface area contributed by atoms with E-state index in [9.17, 15) is 4.39 Å². The molecule has 0 aliphatic rings. The van der Waals surface area contributed by atoms with Crippen LogP contribution in [0.25, 0.3) is 16.1 Å². The Morgan fingerprint density at radius 3 is 2.73 bits per heavy atom. The largest absolute Gasteiger partial charge is 0.355 e. The summed E-state index contributed by atoms with van der Waals surface area (Å²) in [5.74, 6) is -0.317. The van der Waals surface area contributed by atoms with Gasteiger partial charge in [0.1, 0.15) is 11.0 Å². The quantitative estimate of drug-likeness (QED) is 0.701. The highest BCUT2D eigenvalue weighted by atomic mass is 35.5. The molecule has 0 spiro atoms. The van der Waals surface area contributed by atoms with Gasteiger partial charge < -0.3 is 4.98 Å². The standard InChI is InChI=1S/C11H6ClFN2/c1-14-10-6-9(15-11(10)12)7-3-2-4-8(13)5-7/h2-6,15H. The summed E-state index contributed by atoms with van der Waals surface area (Å²) in [6.45, 7) is 6.85. The van der Waals surface area contributed by atoms with Crippen molar-refractivity contribution in [2.24, 2.45) is 0 Å². The third-order valence-corrected chi connectivity index (χ3v) is 2.29. The maximum absolute atomic E-state index is 12.9. The maximum atomic E-state index is 12.9. The molecule has 4 heteroatoms. The van der Waals surface area contributed by atoms with Crippen molar-refractivity contribution < 1.29 is 4.39 Å². The van der Waals surface area contributed by atoms with E-state index in [0.717, 1.165) is 0 Å². The average molecular weight is 221 g/mol. The van der Waals surface area contributed by atoms with Gasteiger partial charge in [0.25, 0.3) is 0 Å². The molecule has 2 aromatic rings. The minimum absolute atomic E-state index is 0.282. The number of nitrogens with zero attached hydrogens (tertiary/aromatic N) is 1. The molecule has 0 unspecified atom stereocenters. The zero-order chi connectivity index (χ0) is 10.8. The lowest BCUT2D eigenvalue weighted by Gasteiger charge is -1.97. The van der Waals surface area contributed by atoms with Crippen LogP contribution in [0.15, 0.2) is 30.3 Å². The average Bonchev–Trinajstić information content (AvgIpc) is 2.60. The van der Waals surface area contributed by atoms with Gasteiger partial charge >= 0.3 is 0 Å². The van der Waals surface area contributed by atoms with Crippen molar-refractivity contribution in [2.45, 2.75) is 0 Å². The van der Waals surface area contributed by atoms with E-state index < -0.39 is 0 Å². The molecule has 0 aliphatic carbocycles. The van der Waals surface area contributed by atoms with Gasteiger partial charge in [-0.2, -0.15) is 0 Å². The Balaban J connectivity index is 2.51. The summed E-state index contributed by atoms with van der Waals surface area (Å²) < 4.78 is 12.9. The van der Waals surface area contributed by atoms with Crippen LogP contribution in [0.3, 0.4) is 0 Å². The van der Waals surface area contributed by atoms with Crippen LogP contribution < -0.4 is 0 Å². The number of nitrogens with one attached hydrogen (secondary N) is 1. The smallest absolute Gasteiger partial charge is 0.223 e. The van der Waals surface area contributed by atoms with E-state index in [-0.39, 0.29) is 11.0 Å². The fraction of sp³-hybridized carbons (Fsp3) is 0. The highest BCUT2D eigenvalue weighted by Gasteiger charge is 2.07. The molecule has 0 radical (unpaired) electrons. The van der Waals surface area contributed by atoms with Crippen molar-refractivity contribution >= 4 is 17.3 Å². The van der Waals surface area contributed by atoms with E-state index >= 15 is 0 Å². The Morgan fingerprint density at radius 1 is 1.33 bits per heavy atom. The summed E-state index contributed by atoms with van der Waals surface area (Å²) in [5.41, 5.74) is 1.66. The second-order valence-electron chi connectivity index (χ2n) is 3.00. The maximum Gasteiger partial charge on any atom is 0.223 e. The van der Waals surface area contributed by atoms with Crippen molar-refractivity contribution in [3.63, 3.8) is 0 Å². The molecule has 1 aromatic heterocycles. The van der Waals surface area contributed by atoms with E-state index in [0.29, 0.717) is 16.9 Å². The predicted octanol–water partition coefficient (Wildman–Crippen LogP) is 4.02. The van der Waals surface area contributed by atoms with Gasteiger partial charge in [0.15, 0.2) is 0 Å². The van der Waals surface area contributed by atoms with Crippen molar-refractivity contribution in [1.29, 1.82) is 0 Å².